The Morgan fingerprint density at radius 2 is 1.75 bits per heavy atom. The highest BCUT2D eigenvalue weighted by Crippen LogP contribution is 2.37. The molecule has 36 heavy (non-hydrogen) atoms. The Morgan fingerprint density at radius 3 is 2.42 bits per heavy atom. The van der Waals surface area contributed by atoms with E-state index >= 15 is 0 Å². The molecule has 0 saturated carbocycles. The van der Waals surface area contributed by atoms with Crippen molar-refractivity contribution < 1.29 is 23.5 Å². The van der Waals surface area contributed by atoms with Crippen LogP contribution in [-0.2, 0) is 11.3 Å². The van der Waals surface area contributed by atoms with E-state index in [0.717, 1.165) is 36.6 Å². The number of hydrogen-bond acceptors (Lipinski definition) is 5. The van der Waals surface area contributed by atoms with E-state index in [1.165, 1.54) is 0 Å². The molecule has 0 aliphatic carbocycles. The molecule has 0 radical (unpaired) electrons. The number of nitrogens with one attached hydrogen (secondary N) is 1. The molecule has 1 aromatic heterocycles. The molecule has 1 N–H and O–H groups in total. The number of rotatable bonds is 5. The van der Waals surface area contributed by atoms with Crippen molar-refractivity contribution in [1.82, 2.24) is 10.2 Å². The summed E-state index contributed by atoms with van der Waals surface area (Å²) < 4.78 is 17.5. The van der Waals surface area contributed by atoms with Crippen LogP contribution in [0.4, 0.5) is 4.79 Å². The Morgan fingerprint density at radius 1 is 1.06 bits per heavy atom. The summed E-state index contributed by atoms with van der Waals surface area (Å²) in [5.41, 5.74) is 1.75. The Kier molecular flexibility index (Phi) is 6.41. The van der Waals surface area contributed by atoms with Crippen LogP contribution in [0.1, 0.15) is 68.1 Å². The summed E-state index contributed by atoms with van der Waals surface area (Å²) in [5.74, 6) is 1.11. The molecule has 2 aliphatic rings. The Hall–Kier alpha value is -3.48. The Balaban J connectivity index is 1.28. The van der Waals surface area contributed by atoms with Crippen LogP contribution in [0.5, 0.6) is 5.75 Å². The van der Waals surface area contributed by atoms with Crippen LogP contribution in [0.3, 0.4) is 0 Å². The first-order chi connectivity index (χ1) is 17.2. The number of nitrogens with zero attached hydrogens (tertiary/aromatic N) is 1. The second kappa shape index (κ2) is 9.52. The van der Waals surface area contributed by atoms with Gasteiger partial charge in [0.1, 0.15) is 29.3 Å². The molecule has 2 bridgehead atoms. The number of carbonyl (C=O) groups excluding carboxylic acids is 2. The van der Waals surface area contributed by atoms with Crippen molar-refractivity contribution in [3.8, 4) is 5.75 Å². The Bertz CT molecular complexity index is 1250. The van der Waals surface area contributed by atoms with Gasteiger partial charge in [-0.2, -0.15) is 0 Å². The molecular formula is C29H34N2O5. The fourth-order valence-electron chi connectivity index (χ4n) is 5.48. The molecular weight excluding hydrogens is 456 g/mol. The molecule has 2 unspecified atom stereocenters. The Labute approximate surface area is 211 Å². The van der Waals surface area contributed by atoms with Gasteiger partial charge in [-0.25, -0.2) is 4.79 Å². The van der Waals surface area contributed by atoms with E-state index in [1.54, 1.807) is 0 Å². The van der Waals surface area contributed by atoms with Crippen LogP contribution in [0, 0.1) is 6.92 Å². The third-order valence-corrected chi connectivity index (χ3v) is 6.98. The van der Waals surface area contributed by atoms with Crippen LogP contribution < -0.4 is 10.1 Å². The van der Waals surface area contributed by atoms with Gasteiger partial charge >= 0.3 is 6.09 Å². The SMILES string of the molecule is Cc1oc2ccc(OCc3ccccc3)cc2c1C(=O)NC1CC2CC[C@H](C1)N2C(=O)OC(C)(C)C. The summed E-state index contributed by atoms with van der Waals surface area (Å²) in [6.07, 6.45) is 3.07. The van der Waals surface area contributed by atoms with E-state index in [-0.39, 0.29) is 30.1 Å². The highest BCUT2D eigenvalue weighted by atomic mass is 16.6. The summed E-state index contributed by atoms with van der Waals surface area (Å²) in [7, 11) is 0. The fourth-order valence-corrected chi connectivity index (χ4v) is 5.48. The highest BCUT2D eigenvalue weighted by molar-refractivity contribution is 6.07. The van der Waals surface area contributed by atoms with Gasteiger partial charge < -0.3 is 24.1 Å². The van der Waals surface area contributed by atoms with Gasteiger partial charge in [0.25, 0.3) is 5.91 Å². The molecule has 3 heterocycles. The molecule has 2 fully saturated rings. The van der Waals surface area contributed by atoms with Crippen LogP contribution >= 0.6 is 0 Å². The summed E-state index contributed by atoms with van der Waals surface area (Å²) >= 11 is 0. The van der Waals surface area contributed by atoms with E-state index in [9.17, 15) is 9.59 Å². The lowest BCUT2D eigenvalue weighted by molar-refractivity contribution is 0.00500. The second-order valence-corrected chi connectivity index (χ2v) is 10.9. The summed E-state index contributed by atoms with van der Waals surface area (Å²) in [4.78, 5) is 28.1. The van der Waals surface area contributed by atoms with E-state index < -0.39 is 5.60 Å². The van der Waals surface area contributed by atoms with Crippen molar-refractivity contribution in [3.05, 3.63) is 65.4 Å². The topological polar surface area (TPSA) is 81.0 Å². The zero-order valence-electron chi connectivity index (χ0n) is 21.4. The van der Waals surface area contributed by atoms with Gasteiger partial charge in [-0.3, -0.25) is 4.79 Å². The molecule has 3 atom stereocenters. The van der Waals surface area contributed by atoms with Crippen molar-refractivity contribution in [2.24, 2.45) is 0 Å². The monoisotopic (exact) mass is 490 g/mol. The van der Waals surface area contributed by atoms with Crippen LogP contribution in [0.25, 0.3) is 11.0 Å². The lowest BCUT2D eigenvalue weighted by atomic mass is 9.97. The maximum absolute atomic E-state index is 13.4. The number of furan rings is 1. The normalized spacial score (nSPS) is 21.4. The predicted molar refractivity (Wildman–Crippen MR) is 137 cm³/mol. The van der Waals surface area contributed by atoms with Crippen molar-refractivity contribution in [2.75, 3.05) is 0 Å². The number of amides is 2. The first-order valence-electron chi connectivity index (χ1n) is 12.7. The minimum atomic E-state index is -0.523. The number of benzene rings is 2. The molecule has 7 nitrogen and oxygen atoms in total. The fraction of sp³-hybridized carbons (Fsp3) is 0.448. The van der Waals surface area contributed by atoms with Crippen LogP contribution in [0.15, 0.2) is 52.9 Å². The minimum absolute atomic E-state index is 0.00412. The molecule has 7 heteroatoms. The maximum Gasteiger partial charge on any atom is 0.410 e. The van der Waals surface area contributed by atoms with E-state index in [1.807, 2.05) is 81.1 Å². The maximum atomic E-state index is 13.4. The molecule has 2 amide bonds. The number of hydrogen-bond donors (Lipinski definition) is 1. The smallest absolute Gasteiger partial charge is 0.410 e. The molecule has 2 aliphatic heterocycles. The van der Waals surface area contributed by atoms with Gasteiger partial charge in [0.15, 0.2) is 0 Å². The second-order valence-electron chi connectivity index (χ2n) is 10.9. The lowest BCUT2D eigenvalue weighted by Gasteiger charge is -2.39. The first kappa shape index (κ1) is 24.2. The lowest BCUT2D eigenvalue weighted by Crippen LogP contribution is -2.53. The van der Waals surface area contributed by atoms with E-state index in [0.29, 0.717) is 29.3 Å². The van der Waals surface area contributed by atoms with Crippen molar-refractivity contribution in [3.63, 3.8) is 0 Å². The predicted octanol–water partition coefficient (Wildman–Crippen LogP) is 5.98. The molecule has 2 saturated heterocycles. The minimum Gasteiger partial charge on any atom is -0.489 e. The molecule has 0 spiro atoms. The summed E-state index contributed by atoms with van der Waals surface area (Å²) in [6, 6.07) is 15.7. The van der Waals surface area contributed by atoms with Crippen molar-refractivity contribution in [2.45, 2.75) is 83.7 Å². The standard InChI is InChI=1S/C29H34N2O5/c1-18-26(24-16-23(12-13-25(24)35-18)34-17-19-8-6-5-7-9-19)27(32)30-20-14-21-10-11-22(15-20)31(21)28(33)36-29(2,3)4/h5-9,12-13,16,20-22H,10-11,14-15,17H2,1-4H3,(H,30,32)/t20?,21-,22?/m1/s1. The van der Waals surface area contributed by atoms with Gasteiger partial charge in [0.2, 0.25) is 0 Å². The molecule has 3 aromatic rings. The number of piperidine rings is 1. The quantitative estimate of drug-likeness (QED) is 0.476. The van der Waals surface area contributed by atoms with Crippen molar-refractivity contribution in [1.29, 1.82) is 0 Å². The third kappa shape index (κ3) is 5.06. The first-order valence-corrected chi connectivity index (χ1v) is 12.7. The van der Waals surface area contributed by atoms with Gasteiger partial charge in [0, 0.05) is 23.5 Å². The summed E-state index contributed by atoms with van der Waals surface area (Å²) in [6.45, 7) is 7.92. The number of aryl methyl sites for hydroxylation is 1. The molecule has 190 valence electrons. The highest BCUT2D eigenvalue weighted by Gasteiger charge is 2.45. The van der Waals surface area contributed by atoms with Gasteiger partial charge in [0.05, 0.1) is 5.56 Å². The average molecular weight is 491 g/mol. The van der Waals surface area contributed by atoms with Crippen LogP contribution in [-0.4, -0.2) is 40.6 Å². The number of carbonyl (C=O) groups is 2. The number of ether oxygens (including phenoxy) is 2. The van der Waals surface area contributed by atoms with Gasteiger partial charge in [-0.1, -0.05) is 30.3 Å². The average Bonchev–Trinajstić information content (AvgIpc) is 3.29. The zero-order chi connectivity index (χ0) is 25.4. The zero-order valence-corrected chi connectivity index (χ0v) is 21.4. The number of fused-ring (bicyclic) bond motifs is 3. The van der Waals surface area contributed by atoms with Gasteiger partial charge in [-0.05, 0) is 77.1 Å². The van der Waals surface area contributed by atoms with Gasteiger partial charge in [-0.15, -0.1) is 0 Å². The molecule has 5 rings (SSSR count). The summed E-state index contributed by atoms with van der Waals surface area (Å²) in [5, 5.41) is 3.96. The third-order valence-electron chi connectivity index (χ3n) is 6.98. The van der Waals surface area contributed by atoms with E-state index in [4.69, 9.17) is 13.9 Å². The largest absolute Gasteiger partial charge is 0.489 e. The van der Waals surface area contributed by atoms with Crippen LogP contribution in [0.2, 0.25) is 0 Å². The van der Waals surface area contributed by atoms with Crippen molar-refractivity contribution >= 4 is 23.0 Å². The molecule has 2 aromatic carbocycles. The van der Waals surface area contributed by atoms with E-state index in [2.05, 4.69) is 5.32 Å².